The van der Waals surface area contributed by atoms with Gasteiger partial charge in [-0.3, -0.25) is 4.79 Å². The highest BCUT2D eigenvalue weighted by Gasteiger charge is 2.43. The number of piperazine rings is 1. The molecule has 0 radical (unpaired) electrons. The molecule has 0 aromatic carbocycles. The van der Waals surface area contributed by atoms with Crippen molar-refractivity contribution in [2.45, 2.75) is 31.8 Å². The fourth-order valence-electron chi connectivity index (χ4n) is 3.41. The first-order chi connectivity index (χ1) is 11.1. The van der Waals surface area contributed by atoms with E-state index < -0.39 is 5.54 Å². The van der Waals surface area contributed by atoms with E-state index in [0.29, 0.717) is 12.5 Å². The zero-order chi connectivity index (χ0) is 16.3. The van der Waals surface area contributed by atoms with Crippen LogP contribution in [-0.2, 0) is 11.3 Å². The summed E-state index contributed by atoms with van der Waals surface area (Å²) in [5.74, 6) is 0.371. The topological polar surface area (TPSA) is 61.8 Å². The van der Waals surface area contributed by atoms with Gasteiger partial charge < -0.3 is 15.1 Å². The SMILES string of the molecule is C[C@](C#N)(NC(=O)C[NH+]1CC[NH+](Cc2cccs2)CC1)C1CC1. The van der Waals surface area contributed by atoms with Crippen molar-refractivity contribution in [2.24, 2.45) is 5.92 Å². The molecule has 6 heteroatoms. The molecule has 23 heavy (non-hydrogen) atoms. The van der Waals surface area contributed by atoms with Gasteiger partial charge in [-0.1, -0.05) is 6.07 Å². The van der Waals surface area contributed by atoms with Crippen molar-refractivity contribution in [3.8, 4) is 6.07 Å². The van der Waals surface area contributed by atoms with E-state index in [0.717, 1.165) is 45.6 Å². The molecule has 0 unspecified atom stereocenters. The number of carbonyl (C=O) groups excluding carboxylic acids is 1. The van der Waals surface area contributed by atoms with Crippen LogP contribution >= 0.6 is 11.3 Å². The zero-order valence-corrected chi connectivity index (χ0v) is 14.5. The van der Waals surface area contributed by atoms with Gasteiger partial charge in [0, 0.05) is 0 Å². The van der Waals surface area contributed by atoms with Gasteiger partial charge >= 0.3 is 0 Å². The van der Waals surface area contributed by atoms with E-state index in [1.807, 2.05) is 18.3 Å². The lowest BCUT2D eigenvalue weighted by molar-refractivity contribution is -1.01. The summed E-state index contributed by atoms with van der Waals surface area (Å²) in [5, 5.41) is 14.4. The third kappa shape index (κ3) is 4.31. The minimum Gasteiger partial charge on any atom is -0.333 e. The van der Waals surface area contributed by atoms with E-state index in [-0.39, 0.29) is 5.91 Å². The Bertz CT molecular complexity index is 570. The second-order valence-electron chi connectivity index (χ2n) is 7.07. The van der Waals surface area contributed by atoms with Crippen LogP contribution in [0.15, 0.2) is 17.5 Å². The van der Waals surface area contributed by atoms with Gasteiger partial charge in [-0.2, -0.15) is 5.26 Å². The standard InChI is InChI=1S/C17H24N4OS/c1-17(13-18,14-4-5-14)19-16(22)12-21-8-6-20(7-9-21)11-15-3-2-10-23-15/h2-3,10,14H,4-9,11-12H2,1H3,(H,19,22)/p+2/t17-/m1/s1. The maximum absolute atomic E-state index is 12.3. The number of quaternary nitrogens is 2. The highest BCUT2D eigenvalue weighted by molar-refractivity contribution is 7.09. The Morgan fingerprint density at radius 3 is 2.65 bits per heavy atom. The average molecular weight is 334 g/mol. The number of hydrogen-bond donors (Lipinski definition) is 3. The Morgan fingerprint density at radius 2 is 2.09 bits per heavy atom. The lowest BCUT2D eigenvalue weighted by atomic mass is 9.98. The molecule has 1 saturated heterocycles. The van der Waals surface area contributed by atoms with Gasteiger partial charge in [0.05, 0.1) is 10.9 Å². The number of nitrogens with one attached hydrogen (secondary N) is 3. The van der Waals surface area contributed by atoms with Gasteiger partial charge in [0.15, 0.2) is 6.54 Å². The van der Waals surface area contributed by atoms with Crippen molar-refractivity contribution in [1.82, 2.24) is 5.32 Å². The van der Waals surface area contributed by atoms with Crippen LogP contribution < -0.4 is 15.1 Å². The molecule has 1 atom stereocenters. The lowest BCUT2D eigenvalue weighted by Crippen LogP contribution is -3.28. The molecule has 1 aromatic heterocycles. The van der Waals surface area contributed by atoms with E-state index in [4.69, 9.17) is 0 Å². The van der Waals surface area contributed by atoms with Crippen LogP contribution in [0.2, 0.25) is 0 Å². The smallest absolute Gasteiger partial charge is 0.276 e. The Morgan fingerprint density at radius 1 is 1.39 bits per heavy atom. The van der Waals surface area contributed by atoms with E-state index in [1.165, 1.54) is 9.78 Å². The maximum atomic E-state index is 12.3. The third-order valence-electron chi connectivity index (χ3n) is 5.10. The van der Waals surface area contributed by atoms with Gasteiger partial charge in [-0.05, 0) is 37.1 Å². The van der Waals surface area contributed by atoms with Crippen molar-refractivity contribution < 1.29 is 14.6 Å². The molecule has 2 aliphatic rings. The number of rotatable bonds is 6. The summed E-state index contributed by atoms with van der Waals surface area (Å²) in [5.41, 5.74) is -0.664. The monoisotopic (exact) mass is 334 g/mol. The summed E-state index contributed by atoms with van der Waals surface area (Å²) in [7, 11) is 0. The summed E-state index contributed by atoms with van der Waals surface area (Å²) in [6, 6.07) is 6.60. The molecule has 1 saturated carbocycles. The average Bonchev–Trinajstić information content (AvgIpc) is 3.28. The van der Waals surface area contributed by atoms with Crippen molar-refractivity contribution >= 4 is 17.2 Å². The second-order valence-corrected chi connectivity index (χ2v) is 8.10. The molecule has 5 nitrogen and oxygen atoms in total. The maximum Gasteiger partial charge on any atom is 0.276 e. The van der Waals surface area contributed by atoms with Crippen molar-refractivity contribution in [3.63, 3.8) is 0 Å². The van der Waals surface area contributed by atoms with E-state index in [2.05, 4.69) is 28.9 Å². The first-order valence-corrected chi connectivity index (χ1v) is 9.39. The van der Waals surface area contributed by atoms with Crippen LogP contribution in [0.25, 0.3) is 0 Å². The minimum absolute atomic E-state index is 0.0256. The second kappa shape index (κ2) is 7.00. The van der Waals surface area contributed by atoms with Gasteiger partial charge in [-0.25, -0.2) is 0 Å². The number of nitriles is 1. The Hall–Kier alpha value is -1.42. The van der Waals surface area contributed by atoms with Crippen molar-refractivity contribution in [2.75, 3.05) is 32.7 Å². The molecule has 3 N–H and O–H groups in total. The Kier molecular flexibility index (Phi) is 5.00. The first-order valence-electron chi connectivity index (χ1n) is 8.51. The molecule has 2 fully saturated rings. The van der Waals surface area contributed by atoms with Crippen molar-refractivity contribution in [1.29, 1.82) is 5.26 Å². The summed E-state index contributed by atoms with van der Waals surface area (Å²) in [6.45, 7) is 7.74. The Balaban J connectivity index is 1.41. The largest absolute Gasteiger partial charge is 0.333 e. The number of amides is 1. The van der Waals surface area contributed by atoms with Crippen LogP contribution in [0, 0.1) is 17.2 Å². The zero-order valence-electron chi connectivity index (χ0n) is 13.7. The molecule has 3 rings (SSSR count). The highest BCUT2D eigenvalue weighted by Crippen LogP contribution is 2.39. The highest BCUT2D eigenvalue weighted by atomic mass is 32.1. The first kappa shape index (κ1) is 16.4. The summed E-state index contributed by atoms with van der Waals surface area (Å²) < 4.78 is 0. The van der Waals surface area contributed by atoms with Crippen molar-refractivity contribution in [3.05, 3.63) is 22.4 Å². The van der Waals surface area contributed by atoms with Crippen LogP contribution in [0.1, 0.15) is 24.6 Å². The van der Waals surface area contributed by atoms with Crippen LogP contribution in [-0.4, -0.2) is 44.2 Å². The van der Waals surface area contributed by atoms with Gasteiger partial charge in [-0.15, -0.1) is 11.3 Å². The van der Waals surface area contributed by atoms with E-state index in [1.54, 1.807) is 4.90 Å². The molecular formula is C17H26N4OS+2. The molecular weight excluding hydrogens is 308 g/mol. The predicted octanol–water partition coefficient (Wildman–Crippen LogP) is -1.16. The molecule has 0 bridgehead atoms. The molecule has 1 amide bonds. The van der Waals surface area contributed by atoms with Gasteiger partial charge in [0.1, 0.15) is 38.3 Å². The molecule has 1 aliphatic carbocycles. The van der Waals surface area contributed by atoms with Crippen LogP contribution in [0.3, 0.4) is 0 Å². The fourth-order valence-corrected chi connectivity index (χ4v) is 4.19. The molecule has 1 aromatic rings. The fraction of sp³-hybridized carbons (Fsp3) is 0.647. The predicted molar refractivity (Wildman–Crippen MR) is 89.2 cm³/mol. The quantitative estimate of drug-likeness (QED) is 0.615. The summed E-state index contributed by atoms with van der Waals surface area (Å²) in [6.07, 6.45) is 2.11. The summed E-state index contributed by atoms with van der Waals surface area (Å²) >= 11 is 1.82. The van der Waals surface area contributed by atoms with Crippen LogP contribution in [0.4, 0.5) is 0 Å². The Labute approximate surface area is 141 Å². The third-order valence-corrected chi connectivity index (χ3v) is 5.98. The molecule has 124 valence electrons. The molecule has 0 spiro atoms. The number of carbonyl (C=O) groups is 1. The minimum atomic E-state index is -0.664. The normalized spacial score (nSPS) is 27.0. The van der Waals surface area contributed by atoms with Gasteiger partial charge in [0.2, 0.25) is 0 Å². The summed E-state index contributed by atoms with van der Waals surface area (Å²) in [4.78, 5) is 16.7. The number of hydrogen-bond acceptors (Lipinski definition) is 3. The number of nitrogens with zero attached hydrogens (tertiary/aromatic N) is 1. The molecule has 1 aliphatic heterocycles. The van der Waals surface area contributed by atoms with Crippen LogP contribution in [0.5, 0.6) is 0 Å². The van der Waals surface area contributed by atoms with Gasteiger partial charge in [0.25, 0.3) is 5.91 Å². The van der Waals surface area contributed by atoms with E-state index in [9.17, 15) is 10.1 Å². The van der Waals surface area contributed by atoms with E-state index >= 15 is 0 Å². The number of thiophene rings is 1. The molecule has 2 heterocycles. The lowest BCUT2D eigenvalue weighted by Gasteiger charge is -2.30.